The minimum atomic E-state index is -0.988. The second kappa shape index (κ2) is 6.02. The fourth-order valence-corrected chi connectivity index (χ4v) is 0.692. The molecule has 0 saturated heterocycles. The molecular formula is C9H13NO3. The van der Waals surface area contributed by atoms with Gasteiger partial charge in [0.25, 0.3) is 0 Å². The molecule has 0 amide bonds. The van der Waals surface area contributed by atoms with Crippen LogP contribution in [0.25, 0.3) is 0 Å². The maximum atomic E-state index is 10.3. The molecule has 1 aromatic carbocycles. The van der Waals surface area contributed by atoms with Gasteiger partial charge in [-0.1, -0.05) is 12.1 Å². The lowest BCUT2D eigenvalue weighted by atomic mass is 10.2. The van der Waals surface area contributed by atoms with E-state index in [0.717, 1.165) is 0 Å². The van der Waals surface area contributed by atoms with Crippen LogP contribution < -0.4 is 5.73 Å². The third-order valence-corrected chi connectivity index (χ3v) is 1.19. The Hall–Kier alpha value is -1.55. The zero-order valence-corrected chi connectivity index (χ0v) is 7.65. The number of carboxylic acids is 1. The lowest BCUT2D eigenvalue weighted by molar-refractivity contribution is 0.0698. The van der Waals surface area contributed by atoms with Crippen molar-refractivity contribution in [1.82, 2.24) is 0 Å². The van der Waals surface area contributed by atoms with Crippen molar-refractivity contribution >= 4 is 11.7 Å². The third-order valence-electron chi connectivity index (χ3n) is 1.19. The Morgan fingerprint density at radius 2 is 1.85 bits per heavy atom. The van der Waals surface area contributed by atoms with Crippen LogP contribution in [0, 0.1) is 0 Å². The number of nitrogen functional groups attached to an aromatic ring is 1. The van der Waals surface area contributed by atoms with Gasteiger partial charge in [-0.15, -0.1) is 0 Å². The van der Waals surface area contributed by atoms with Gasteiger partial charge in [-0.3, -0.25) is 0 Å². The zero-order chi connectivity index (χ0) is 10.3. The first kappa shape index (κ1) is 11.4. The number of para-hydroxylation sites is 1. The maximum Gasteiger partial charge on any atom is 0.337 e. The van der Waals surface area contributed by atoms with Gasteiger partial charge in [-0.25, -0.2) is 4.79 Å². The molecule has 0 aliphatic carbocycles. The number of carboxylic acid groups (broad SMARTS) is 1. The predicted octanol–water partition coefficient (Wildman–Crippen LogP) is 1.23. The first-order valence-corrected chi connectivity index (χ1v) is 3.61. The van der Waals surface area contributed by atoms with Crippen LogP contribution in [-0.4, -0.2) is 25.3 Å². The summed E-state index contributed by atoms with van der Waals surface area (Å²) < 4.78 is 4.25. The Morgan fingerprint density at radius 1 is 1.38 bits per heavy atom. The molecule has 0 aliphatic rings. The lowest BCUT2D eigenvalue weighted by Gasteiger charge is -1.96. The van der Waals surface area contributed by atoms with E-state index in [1.165, 1.54) is 6.07 Å². The van der Waals surface area contributed by atoms with Crippen LogP contribution >= 0.6 is 0 Å². The number of hydrogen-bond acceptors (Lipinski definition) is 3. The predicted molar refractivity (Wildman–Crippen MR) is 50.7 cm³/mol. The van der Waals surface area contributed by atoms with Crippen molar-refractivity contribution in [2.75, 3.05) is 20.0 Å². The van der Waals surface area contributed by atoms with Crippen LogP contribution in [0.15, 0.2) is 24.3 Å². The summed E-state index contributed by atoms with van der Waals surface area (Å²) in [6, 6.07) is 6.36. The maximum absolute atomic E-state index is 10.3. The van der Waals surface area contributed by atoms with Crippen molar-refractivity contribution in [2.24, 2.45) is 0 Å². The van der Waals surface area contributed by atoms with E-state index in [2.05, 4.69) is 4.74 Å². The Labute approximate surface area is 76.9 Å². The number of hydrogen-bond donors (Lipinski definition) is 2. The molecule has 4 heteroatoms. The van der Waals surface area contributed by atoms with Crippen molar-refractivity contribution in [3.63, 3.8) is 0 Å². The van der Waals surface area contributed by atoms with Gasteiger partial charge < -0.3 is 15.6 Å². The van der Waals surface area contributed by atoms with Crippen molar-refractivity contribution in [1.29, 1.82) is 0 Å². The highest BCUT2D eigenvalue weighted by Crippen LogP contribution is 2.08. The number of aromatic carboxylic acids is 1. The minimum Gasteiger partial charge on any atom is -0.478 e. The van der Waals surface area contributed by atoms with Crippen LogP contribution in [0.2, 0.25) is 0 Å². The molecule has 0 saturated carbocycles. The SMILES string of the molecule is COC.Nc1ccccc1C(=O)O. The second-order valence-electron chi connectivity index (χ2n) is 2.30. The fraction of sp³-hybridized carbons (Fsp3) is 0.222. The summed E-state index contributed by atoms with van der Waals surface area (Å²) in [5, 5.41) is 8.49. The van der Waals surface area contributed by atoms with E-state index in [9.17, 15) is 4.79 Å². The number of methoxy groups -OCH3 is 1. The highest BCUT2D eigenvalue weighted by Gasteiger charge is 2.03. The summed E-state index contributed by atoms with van der Waals surface area (Å²) in [6.07, 6.45) is 0. The molecule has 0 aliphatic heterocycles. The van der Waals surface area contributed by atoms with E-state index in [4.69, 9.17) is 10.8 Å². The molecule has 0 aromatic heterocycles. The standard InChI is InChI=1S/C7H7NO2.C2H6O/c8-6-4-2-1-3-5(6)7(9)10;1-3-2/h1-4H,8H2,(H,9,10);1-2H3. The molecule has 0 unspecified atom stereocenters. The van der Waals surface area contributed by atoms with Crippen LogP contribution in [0.1, 0.15) is 10.4 Å². The van der Waals surface area contributed by atoms with Crippen molar-refractivity contribution in [3.8, 4) is 0 Å². The van der Waals surface area contributed by atoms with E-state index in [1.807, 2.05) is 0 Å². The highest BCUT2D eigenvalue weighted by molar-refractivity contribution is 5.93. The molecule has 3 N–H and O–H groups in total. The van der Waals surface area contributed by atoms with Gasteiger partial charge in [0.05, 0.1) is 5.56 Å². The second-order valence-corrected chi connectivity index (χ2v) is 2.30. The quantitative estimate of drug-likeness (QED) is 0.642. The average Bonchev–Trinajstić information content (AvgIpc) is 2.06. The number of rotatable bonds is 1. The molecule has 0 bridgehead atoms. The largest absolute Gasteiger partial charge is 0.478 e. The molecule has 13 heavy (non-hydrogen) atoms. The topological polar surface area (TPSA) is 72.5 Å². The monoisotopic (exact) mass is 183 g/mol. The number of carbonyl (C=O) groups is 1. The first-order valence-electron chi connectivity index (χ1n) is 3.61. The Kier molecular flexibility index (Phi) is 5.30. The van der Waals surface area contributed by atoms with Gasteiger partial charge in [0, 0.05) is 19.9 Å². The molecule has 0 atom stereocenters. The fourth-order valence-electron chi connectivity index (χ4n) is 0.692. The van der Waals surface area contributed by atoms with Crippen molar-refractivity contribution in [2.45, 2.75) is 0 Å². The summed E-state index contributed by atoms with van der Waals surface area (Å²) in [4.78, 5) is 10.3. The van der Waals surface area contributed by atoms with E-state index in [-0.39, 0.29) is 5.56 Å². The average molecular weight is 183 g/mol. The Balaban J connectivity index is 0.000000424. The molecular weight excluding hydrogens is 170 g/mol. The summed E-state index contributed by atoms with van der Waals surface area (Å²) in [5.74, 6) is -0.988. The molecule has 4 nitrogen and oxygen atoms in total. The number of benzene rings is 1. The Bertz CT molecular complexity index is 273. The summed E-state index contributed by atoms with van der Waals surface area (Å²) in [7, 11) is 3.25. The zero-order valence-electron chi connectivity index (χ0n) is 7.65. The molecule has 0 radical (unpaired) electrons. The van der Waals surface area contributed by atoms with Gasteiger partial charge in [-0.2, -0.15) is 0 Å². The minimum absolute atomic E-state index is 0.155. The van der Waals surface area contributed by atoms with E-state index >= 15 is 0 Å². The van der Waals surface area contributed by atoms with Crippen LogP contribution in [0.3, 0.4) is 0 Å². The lowest BCUT2D eigenvalue weighted by Crippen LogP contribution is -2.00. The molecule has 1 aromatic rings. The van der Waals surface area contributed by atoms with Crippen LogP contribution in [0.4, 0.5) is 5.69 Å². The van der Waals surface area contributed by atoms with Crippen molar-refractivity contribution < 1.29 is 14.6 Å². The molecule has 0 spiro atoms. The van der Waals surface area contributed by atoms with Gasteiger partial charge in [0.2, 0.25) is 0 Å². The van der Waals surface area contributed by atoms with Crippen molar-refractivity contribution in [3.05, 3.63) is 29.8 Å². The normalized spacial score (nSPS) is 8.46. The van der Waals surface area contributed by atoms with E-state index in [0.29, 0.717) is 5.69 Å². The van der Waals surface area contributed by atoms with Crippen LogP contribution in [-0.2, 0) is 4.74 Å². The number of ether oxygens (including phenoxy) is 1. The molecule has 0 fully saturated rings. The third kappa shape index (κ3) is 4.12. The van der Waals surface area contributed by atoms with Crippen LogP contribution in [0.5, 0.6) is 0 Å². The molecule has 1 rings (SSSR count). The van der Waals surface area contributed by atoms with Gasteiger partial charge in [0.1, 0.15) is 0 Å². The first-order chi connectivity index (χ1) is 6.13. The number of nitrogens with two attached hydrogens (primary N) is 1. The summed E-state index contributed by atoms with van der Waals surface area (Å²) in [6.45, 7) is 0. The van der Waals surface area contributed by atoms with Gasteiger partial charge >= 0.3 is 5.97 Å². The van der Waals surface area contributed by atoms with E-state index in [1.54, 1.807) is 32.4 Å². The molecule has 0 heterocycles. The Morgan fingerprint density at radius 3 is 2.15 bits per heavy atom. The number of anilines is 1. The highest BCUT2D eigenvalue weighted by atomic mass is 16.4. The molecule has 72 valence electrons. The van der Waals surface area contributed by atoms with E-state index < -0.39 is 5.97 Å². The summed E-state index contributed by atoms with van der Waals surface area (Å²) in [5.41, 5.74) is 5.80. The smallest absolute Gasteiger partial charge is 0.337 e. The summed E-state index contributed by atoms with van der Waals surface area (Å²) >= 11 is 0. The van der Waals surface area contributed by atoms with Gasteiger partial charge in [0.15, 0.2) is 0 Å². The van der Waals surface area contributed by atoms with Gasteiger partial charge in [-0.05, 0) is 12.1 Å².